The number of piperidine rings is 1. The third-order valence-electron chi connectivity index (χ3n) is 4.84. The summed E-state index contributed by atoms with van der Waals surface area (Å²) in [4.78, 5) is 22.4. The molecule has 6 heteroatoms. The first-order chi connectivity index (χ1) is 11.6. The van der Waals surface area contributed by atoms with Crippen LogP contribution in [0.4, 0.5) is 0 Å². The van der Waals surface area contributed by atoms with E-state index in [0.717, 1.165) is 30.3 Å². The van der Waals surface area contributed by atoms with Gasteiger partial charge in [-0.15, -0.1) is 0 Å². The number of fused-ring (bicyclic) bond motifs is 1. The summed E-state index contributed by atoms with van der Waals surface area (Å²) < 4.78 is 5.15. The fourth-order valence-electron chi connectivity index (χ4n) is 3.58. The van der Waals surface area contributed by atoms with Crippen molar-refractivity contribution in [1.82, 2.24) is 20.0 Å². The molecule has 1 amide bonds. The number of carbonyl (C=O) groups excluding carboxylic acids is 1. The largest absolute Gasteiger partial charge is 0.361 e. The van der Waals surface area contributed by atoms with Crippen LogP contribution in [0.3, 0.4) is 0 Å². The predicted octanol–water partition coefficient (Wildman–Crippen LogP) is 3.19. The van der Waals surface area contributed by atoms with Gasteiger partial charge in [-0.25, -0.2) is 0 Å². The first-order valence-electron chi connectivity index (χ1n) is 8.28. The summed E-state index contributed by atoms with van der Waals surface area (Å²) in [5, 5.41) is 5.02. The van der Waals surface area contributed by atoms with Crippen LogP contribution in [0.5, 0.6) is 0 Å². The number of hydrogen-bond donors (Lipinski definition) is 1. The maximum Gasteiger partial charge on any atom is 0.259 e. The molecule has 1 aliphatic rings. The molecule has 0 spiro atoms. The van der Waals surface area contributed by atoms with Crippen molar-refractivity contribution in [2.24, 2.45) is 0 Å². The van der Waals surface area contributed by atoms with Crippen molar-refractivity contribution < 1.29 is 9.32 Å². The van der Waals surface area contributed by atoms with Gasteiger partial charge in [-0.2, -0.15) is 0 Å². The van der Waals surface area contributed by atoms with Crippen LogP contribution < -0.4 is 0 Å². The number of pyridine rings is 1. The maximum absolute atomic E-state index is 12.9. The Morgan fingerprint density at radius 2 is 2.29 bits per heavy atom. The van der Waals surface area contributed by atoms with Gasteiger partial charge in [0.05, 0.1) is 5.69 Å². The fraction of sp³-hybridized carbons (Fsp3) is 0.389. The van der Waals surface area contributed by atoms with Crippen LogP contribution in [0.2, 0.25) is 0 Å². The van der Waals surface area contributed by atoms with Gasteiger partial charge in [0.15, 0.2) is 0 Å². The molecular weight excluding hydrogens is 304 g/mol. The second kappa shape index (κ2) is 5.78. The zero-order valence-corrected chi connectivity index (χ0v) is 13.9. The van der Waals surface area contributed by atoms with Gasteiger partial charge in [-0.1, -0.05) is 5.16 Å². The van der Waals surface area contributed by atoms with E-state index < -0.39 is 0 Å². The Bertz CT molecular complexity index is 843. The average molecular weight is 324 g/mol. The van der Waals surface area contributed by atoms with E-state index in [0.29, 0.717) is 29.5 Å². The van der Waals surface area contributed by atoms with E-state index in [9.17, 15) is 4.79 Å². The molecule has 1 fully saturated rings. The molecule has 0 bridgehead atoms. The Kier molecular flexibility index (Phi) is 3.59. The lowest BCUT2D eigenvalue weighted by Gasteiger charge is -2.32. The van der Waals surface area contributed by atoms with Gasteiger partial charge in [-0.3, -0.25) is 9.78 Å². The predicted molar refractivity (Wildman–Crippen MR) is 89.9 cm³/mol. The van der Waals surface area contributed by atoms with Gasteiger partial charge in [0.1, 0.15) is 11.3 Å². The standard InChI is InChI=1S/C18H20N4O2/c1-11-17(12(2)24-21-11)18(23)22-7-3-4-13(10-22)16-8-14-9-19-6-5-15(14)20-16/h5-6,8-9,13,20H,3-4,7,10H2,1-2H3/t13-/m0/s1. The van der Waals surface area contributed by atoms with Crippen LogP contribution in [-0.4, -0.2) is 39.0 Å². The van der Waals surface area contributed by atoms with Crippen molar-refractivity contribution in [3.8, 4) is 0 Å². The lowest BCUT2D eigenvalue weighted by molar-refractivity contribution is 0.0703. The number of aromatic nitrogens is 3. The molecule has 1 atom stereocenters. The molecule has 1 N–H and O–H groups in total. The molecule has 0 unspecified atom stereocenters. The normalized spacial score (nSPS) is 18.2. The highest BCUT2D eigenvalue weighted by molar-refractivity contribution is 5.96. The lowest BCUT2D eigenvalue weighted by atomic mass is 9.94. The molecule has 4 heterocycles. The van der Waals surface area contributed by atoms with E-state index in [1.54, 1.807) is 13.1 Å². The van der Waals surface area contributed by atoms with E-state index in [-0.39, 0.29) is 5.91 Å². The van der Waals surface area contributed by atoms with Gasteiger partial charge in [0.2, 0.25) is 0 Å². The van der Waals surface area contributed by atoms with Crippen molar-refractivity contribution in [3.05, 3.63) is 47.2 Å². The highest BCUT2D eigenvalue weighted by Crippen LogP contribution is 2.30. The molecule has 0 radical (unpaired) electrons. The van der Waals surface area contributed by atoms with E-state index in [2.05, 4.69) is 21.2 Å². The molecule has 1 saturated heterocycles. The fourth-order valence-corrected chi connectivity index (χ4v) is 3.58. The second-order valence-corrected chi connectivity index (χ2v) is 6.48. The molecule has 0 aliphatic carbocycles. The van der Waals surface area contributed by atoms with E-state index in [1.807, 2.05) is 24.1 Å². The Balaban J connectivity index is 1.58. The number of likely N-dealkylation sites (tertiary alicyclic amines) is 1. The molecular formula is C18H20N4O2. The molecule has 124 valence electrons. The summed E-state index contributed by atoms with van der Waals surface area (Å²) in [6.45, 7) is 5.10. The molecule has 3 aromatic heterocycles. The maximum atomic E-state index is 12.9. The Labute approximate surface area is 139 Å². The van der Waals surface area contributed by atoms with Crippen molar-refractivity contribution in [1.29, 1.82) is 0 Å². The number of nitrogens with zero attached hydrogens (tertiary/aromatic N) is 3. The Morgan fingerprint density at radius 1 is 1.42 bits per heavy atom. The number of aryl methyl sites for hydroxylation is 2. The summed E-state index contributed by atoms with van der Waals surface area (Å²) in [7, 11) is 0. The quantitative estimate of drug-likeness (QED) is 0.785. The highest BCUT2D eigenvalue weighted by Gasteiger charge is 2.29. The first-order valence-corrected chi connectivity index (χ1v) is 8.28. The van der Waals surface area contributed by atoms with Crippen LogP contribution in [0, 0.1) is 13.8 Å². The van der Waals surface area contributed by atoms with Gasteiger partial charge in [0, 0.05) is 48.0 Å². The second-order valence-electron chi connectivity index (χ2n) is 6.48. The Morgan fingerprint density at radius 3 is 3.04 bits per heavy atom. The third-order valence-corrected chi connectivity index (χ3v) is 4.84. The van der Waals surface area contributed by atoms with E-state index in [1.165, 1.54) is 5.69 Å². The number of rotatable bonds is 2. The van der Waals surface area contributed by atoms with E-state index in [4.69, 9.17) is 4.52 Å². The van der Waals surface area contributed by atoms with Crippen LogP contribution in [-0.2, 0) is 0 Å². The molecule has 24 heavy (non-hydrogen) atoms. The summed E-state index contributed by atoms with van der Waals surface area (Å²) >= 11 is 0. The summed E-state index contributed by atoms with van der Waals surface area (Å²) in [6, 6.07) is 4.13. The molecule has 3 aromatic rings. The monoisotopic (exact) mass is 324 g/mol. The molecule has 6 nitrogen and oxygen atoms in total. The molecule has 4 rings (SSSR count). The summed E-state index contributed by atoms with van der Waals surface area (Å²) in [6.07, 6.45) is 5.72. The van der Waals surface area contributed by atoms with Crippen LogP contribution in [0.1, 0.15) is 46.3 Å². The topological polar surface area (TPSA) is 75.0 Å². The SMILES string of the molecule is Cc1noc(C)c1C(=O)N1CCC[C@H](c2cc3cnccc3[nH]2)C1. The van der Waals surface area contributed by atoms with Gasteiger partial charge < -0.3 is 14.4 Å². The highest BCUT2D eigenvalue weighted by atomic mass is 16.5. The number of hydrogen-bond acceptors (Lipinski definition) is 4. The van der Waals surface area contributed by atoms with Crippen molar-refractivity contribution >= 4 is 16.8 Å². The first kappa shape index (κ1) is 14.9. The zero-order valence-electron chi connectivity index (χ0n) is 13.9. The van der Waals surface area contributed by atoms with Crippen LogP contribution >= 0.6 is 0 Å². The molecule has 0 saturated carbocycles. The minimum Gasteiger partial charge on any atom is -0.361 e. The third kappa shape index (κ3) is 2.48. The van der Waals surface area contributed by atoms with Gasteiger partial charge in [0.25, 0.3) is 5.91 Å². The van der Waals surface area contributed by atoms with Crippen molar-refractivity contribution in [2.45, 2.75) is 32.6 Å². The smallest absolute Gasteiger partial charge is 0.259 e. The van der Waals surface area contributed by atoms with Crippen molar-refractivity contribution in [3.63, 3.8) is 0 Å². The van der Waals surface area contributed by atoms with Crippen LogP contribution in [0.25, 0.3) is 10.9 Å². The summed E-state index contributed by atoms with van der Waals surface area (Å²) in [5.41, 5.74) is 3.54. The number of amides is 1. The number of nitrogens with one attached hydrogen (secondary N) is 1. The minimum atomic E-state index is 0.0220. The van der Waals surface area contributed by atoms with Crippen LogP contribution in [0.15, 0.2) is 29.0 Å². The molecule has 0 aromatic carbocycles. The number of carbonyl (C=O) groups is 1. The zero-order chi connectivity index (χ0) is 16.7. The van der Waals surface area contributed by atoms with Gasteiger partial charge in [-0.05, 0) is 38.8 Å². The van der Waals surface area contributed by atoms with Gasteiger partial charge >= 0.3 is 0 Å². The Hall–Kier alpha value is -2.63. The number of H-pyrrole nitrogens is 1. The average Bonchev–Trinajstić information content (AvgIpc) is 3.18. The van der Waals surface area contributed by atoms with Crippen molar-refractivity contribution in [2.75, 3.05) is 13.1 Å². The lowest BCUT2D eigenvalue weighted by Crippen LogP contribution is -2.39. The number of aromatic amines is 1. The summed E-state index contributed by atoms with van der Waals surface area (Å²) in [5.74, 6) is 0.931. The van der Waals surface area contributed by atoms with E-state index >= 15 is 0 Å². The molecule has 1 aliphatic heterocycles. The minimum absolute atomic E-state index is 0.0220.